The number of nitrogens with two attached hydrogens (primary N) is 1. The Morgan fingerprint density at radius 1 is 1.17 bits per heavy atom. The predicted octanol–water partition coefficient (Wildman–Crippen LogP) is 3.12. The van der Waals surface area contributed by atoms with Crippen LogP contribution in [-0.2, 0) is 0 Å². The molecule has 1 unspecified atom stereocenters. The van der Waals surface area contributed by atoms with E-state index in [9.17, 15) is 0 Å². The third kappa shape index (κ3) is 4.91. The van der Waals surface area contributed by atoms with E-state index in [4.69, 9.17) is 5.73 Å². The lowest BCUT2D eigenvalue weighted by molar-refractivity contribution is 0.818. The first-order valence-electron chi connectivity index (χ1n) is 4.52. The molecule has 1 heteroatoms. The van der Waals surface area contributed by atoms with Crippen molar-refractivity contribution in [1.82, 2.24) is 0 Å². The van der Waals surface area contributed by atoms with E-state index in [1.165, 1.54) is 12.0 Å². The minimum Gasteiger partial charge on any atom is -0.324 e. The van der Waals surface area contributed by atoms with Gasteiger partial charge in [0.15, 0.2) is 0 Å². The van der Waals surface area contributed by atoms with E-state index >= 15 is 0 Å². The fourth-order valence-electron chi connectivity index (χ4n) is 0.757. The largest absolute Gasteiger partial charge is 0.324 e. The zero-order chi connectivity index (χ0) is 9.40. The summed E-state index contributed by atoms with van der Waals surface area (Å²) in [5, 5.41) is 0. The third-order valence-electron chi connectivity index (χ3n) is 1.33. The van der Waals surface area contributed by atoms with E-state index in [0.29, 0.717) is 0 Å². The number of hydrogen-bond acceptors (Lipinski definition) is 1. The second-order valence-electron chi connectivity index (χ2n) is 2.91. The highest BCUT2D eigenvalue weighted by Gasteiger charge is 1.93. The molecule has 0 amide bonds. The molecule has 0 saturated carbocycles. The fourth-order valence-corrected chi connectivity index (χ4v) is 0.757. The molecule has 0 radical (unpaired) electrons. The van der Waals surface area contributed by atoms with Crippen LogP contribution in [0.25, 0.3) is 0 Å². The van der Waals surface area contributed by atoms with Crippen LogP contribution in [0.5, 0.6) is 0 Å². The van der Waals surface area contributed by atoms with Gasteiger partial charge in [0, 0.05) is 6.04 Å². The summed E-state index contributed by atoms with van der Waals surface area (Å²) >= 11 is 0. The van der Waals surface area contributed by atoms with Crippen molar-refractivity contribution in [1.29, 1.82) is 0 Å². The van der Waals surface area contributed by atoms with Crippen molar-refractivity contribution < 1.29 is 0 Å². The van der Waals surface area contributed by atoms with Gasteiger partial charge in [-0.25, -0.2) is 0 Å². The van der Waals surface area contributed by atoms with Gasteiger partial charge in [-0.2, -0.15) is 0 Å². The molecule has 2 N–H and O–H groups in total. The minimum atomic E-state index is 0.159. The van der Waals surface area contributed by atoms with E-state index in [2.05, 4.69) is 13.8 Å². The van der Waals surface area contributed by atoms with Crippen LogP contribution < -0.4 is 5.73 Å². The van der Waals surface area contributed by atoms with Crippen molar-refractivity contribution in [3.63, 3.8) is 0 Å². The first-order chi connectivity index (χ1) is 5.72. The Bertz CT molecular complexity index is 179. The standard InChI is InChI=1S/C8H11N.C3H8/c1-7(9)8-5-3-2-4-6-8;1-3-2/h2-7H,9H2,1H3;3H2,1-2H3. The lowest BCUT2D eigenvalue weighted by Gasteiger charge is -2.02. The third-order valence-corrected chi connectivity index (χ3v) is 1.33. The van der Waals surface area contributed by atoms with Gasteiger partial charge in [-0.05, 0) is 12.5 Å². The van der Waals surface area contributed by atoms with Crippen LogP contribution in [0.4, 0.5) is 0 Å². The van der Waals surface area contributed by atoms with Crippen LogP contribution in [0.2, 0.25) is 0 Å². The maximum Gasteiger partial charge on any atom is 0.0266 e. The van der Waals surface area contributed by atoms with E-state index in [0.717, 1.165) is 0 Å². The van der Waals surface area contributed by atoms with Crippen molar-refractivity contribution in [2.75, 3.05) is 0 Å². The zero-order valence-corrected chi connectivity index (χ0v) is 8.25. The molecule has 0 fully saturated rings. The summed E-state index contributed by atoms with van der Waals surface area (Å²) in [5.74, 6) is 0. The van der Waals surface area contributed by atoms with Gasteiger partial charge in [0.2, 0.25) is 0 Å². The van der Waals surface area contributed by atoms with Crippen molar-refractivity contribution in [2.24, 2.45) is 5.73 Å². The molecular formula is C11H19N. The van der Waals surface area contributed by atoms with Crippen LogP contribution >= 0.6 is 0 Å². The van der Waals surface area contributed by atoms with Crippen LogP contribution in [0.1, 0.15) is 38.8 Å². The average Bonchev–Trinajstić information content (AvgIpc) is 2.07. The Morgan fingerprint density at radius 3 is 1.83 bits per heavy atom. The highest BCUT2D eigenvalue weighted by atomic mass is 14.6. The molecule has 12 heavy (non-hydrogen) atoms. The Labute approximate surface area is 75.6 Å². The van der Waals surface area contributed by atoms with Crippen molar-refractivity contribution in [3.8, 4) is 0 Å². The van der Waals surface area contributed by atoms with Crippen molar-refractivity contribution >= 4 is 0 Å². The van der Waals surface area contributed by atoms with Crippen LogP contribution in [0.3, 0.4) is 0 Å². The van der Waals surface area contributed by atoms with Crippen LogP contribution in [0, 0.1) is 0 Å². The summed E-state index contributed by atoms with van der Waals surface area (Å²) in [5.41, 5.74) is 6.81. The quantitative estimate of drug-likeness (QED) is 0.679. The summed E-state index contributed by atoms with van der Waals surface area (Å²) in [6, 6.07) is 10.2. The molecule has 0 aromatic heterocycles. The van der Waals surface area contributed by atoms with E-state index in [-0.39, 0.29) is 6.04 Å². The molecule has 0 spiro atoms. The molecule has 0 bridgehead atoms. The Hall–Kier alpha value is -0.820. The average molecular weight is 165 g/mol. The van der Waals surface area contributed by atoms with Crippen LogP contribution in [0.15, 0.2) is 30.3 Å². The van der Waals surface area contributed by atoms with Gasteiger partial charge < -0.3 is 5.73 Å². The van der Waals surface area contributed by atoms with Gasteiger partial charge in [-0.1, -0.05) is 50.6 Å². The topological polar surface area (TPSA) is 26.0 Å². The maximum absolute atomic E-state index is 5.61. The van der Waals surface area contributed by atoms with Gasteiger partial charge in [0.25, 0.3) is 0 Å². The minimum absolute atomic E-state index is 0.159. The van der Waals surface area contributed by atoms with Gasteiger partial charge >= 0.3 is 0 Å². The van der Waals surface area contributed by atoms with Gasteiger partial charge in [-0.3, -0.25) is 0 Å². The second kappa shape index (κ2) is 6.86. The molecule has 1 nitrogen and oxygen atoms in total. The summed E-state index contributed by atoms with van der Waals surface area (Å²) in [7, 11) is 0. The first-order valence-corrected chi connectivity index (χ1v) is 4.52. The summed E-state index contributed by atoms with van der Waals surface area (Å²) in [4.78, 5) is 0. The predicted molar refractivity (Wildman–Crippen MR) is 55.0 cm³/mol. The maximum atomic E-state index is 5.61. The Balaban J connectivity index is 0.000000354. The molecule has 0 aliphatic heterocycles. The Morgan fingerprint density at radius 2 is 1.58 bits per heavy atom. The van der Waals surface area contributed by atoms with Gasteiger partial charge in [0.1, 0.15) is 0 Å². The highest BCUT2D eigenvalue weighted by Crippen LogP contribution is 2.06. The first kappa shape index (κ1) is 11.2. The van der Waals surface area contributed by atoms with Crippen molar-refractivity contribution in [3.05, 3.63) is 35.9 Å². The SMILES string of the molecule is CC(N)c1ccccc1.CCC. The number of benzene rings is 1. The molecule has 0 saturated heterocycles. The van der Waals surface area contributed by atoms with E-state index in [1.54, 1.807) is 0 Å². The lowest BCUT2D eigenvalue weighted by atomic mass is 10.1. The van der Waals surface area contributed by atoms with Crippen molar-refractivity contribution in [2.45, 2.75) is 33.2 Å². The summed E-state index contributed by atoms with van der Waals surface area (Å²) in [6.45, 7) is 6.23. The molecule has 1 rings (SSSR count). The van der Waals surface area contributed by atoms with Gasteiger partial charge in [0.05, 0.1) is 0 Å². The molecule has 1 atom stereocenters. The lowest BCUT2D eigenvalue weighted by Crippen LogP contribution is -2.03. The zero-order valence-electron chi connectivity index (χ0n) is 8.25. The van der Waals surface area contributed by atoms with E-state index < -0.39 is 0 Å². The normalized spacial score (nSPS) is 11.3. The molecule has 1 aromatic carbocycles. The summed E-state index contributed by atoms with van der Waals surface area (Å²) < 4.78 is 0. The molecule has 0 aliphatic rings. The Kier molecular flexibility index (Phi) is 6.39. The summed E-state index contributed by atoms with van der Waals surface area (Å²) in [6.07, 6.45) is 1.25. The van der Waals surface area contributed by atoms with Gasteiger partial charge in [-0.15, -0.1) is 0 Å². The second-order valence-corrected chi connectivity index (χ2v) is 2.91. The molecular weight excluding hydrogens is 146 g/mol. The number of rotatable bonds is 1. The molecule has 1 aromatic rings. The smallest absolute Gasteiger partial charge is 0.0266 e. The molecule has 68 valence electrons. The monoisotopic (exact) mass is 165 g/mol. The van der Waals surface area contributed by atoms with E-state index in [1.807, 2.05) is 37.3 Å². The molecule has 0 aliphatic carbocycles. The number of hydrogen-bond donors (Lipinski definition) is 1. The molecule has 0 heterocycles. The highest BCUT2D eigenvalue weighted by molar-refractivity contribution is 5.17. The van der Waals surface area contributed by atoms with Crippen LogP contribution in [-0.4, -0.2) is 0 Å². The fraction of sp³-hybridized carbons (Fsp3) is 0.455.